The summed E-state index contributed by atoms with van der Waals surface area (Å²) in [6.07, 6.45) is 3.03. The zero-order valence-electron chi connectivity index (χ0n) is 8.93. The van der Waals surface area contributed by atoms with E-state index in [4.69, 9.17) is 23.2 Å². The van der Waals surface area contributed by atoms with Crippen molar-refractivity contribution in [3.8, 4) is 0 Å². The standard InChI is InChI=1S/C11H7Cl2N3OS/c12-8-3-1-7(5-9(8)13)2-4-10(17)15-11-16-14-6-18-11/h1-6H,(H,15,16,17). The fraction of sp³-hybridized carbons (Fsp3) is 0. The Labute approximate surface area is 117 Å². The molecule has 2 aromatic rings. The summed E-state index contributed by atoms with van der Waals surface area (Å²) in [4.78, 5) is 11.5. The molecule has 1 aromatic carbocycles. The van der Waals surface area contributed by atoms with E-state index in [0.717, 1.165) is 5.56 Å². The maximum absolute atomic E-state index is 11.5. The lowest BCUT2D eigenvalue weighted by Crippen LogP contribution is -2.07. The monoisotopic (exact) mass is 299 g/mol. The Hall–Kier alpha value is -1.43. The van der Waals surface area contributed by atoms with Crippen molar-refractivity contribution in [3.63, 3.8) is 0 Å². The summed E-state index contributed by atoms with van der Waals surface area (Å²) < 4.78 is 0. The van der Waals surface area contributed by atoms with E-state index in [1.807, 2.05) is 0 Å². The molecule has 1 amide bonds. The van der Waals surface area contributed by atoms with E-state index in [9.17, 15) is 4.79 Å². The molecule has 0 saturated heterocycles. The largest absolute Gasteiger partial charge is 0.297 e. The van der Waals surface area contributed by atoms with E-state index >= 15 is 0 Å². The van der Waals surface area contributed by atoms with Crippen LogP contribution in [0, 0.1) is 0 Å². The highest BCUT2D eigenvalue weighted by Crippen LogP contribution is 2.23. The Balaban J connectivity index is 2.01. The van der Waals surface area contributed by atoms with Crippen LogP contribution in [0.25, 0.3) is 6.08 Å². The molecule has 92 valence electrons. The van der Waals surface area contributed by atoms with Crippen LogP contribution in [0.1, 0.15) is 5.56 Å². The summed E-state index contributed by atoms with van der Waals surface area (Å²) >= 11 is 12.9. The quantitative estimate of drug-likeness (QED) is 0.883. The number of hydrogen-bond acceptors (Lipinski definition) is 4. The topological polar surface area (TPSA) is 54.9 Å². The van der Waals surface area contributed by atoms with Crippen molar-refractivity contribution in [2.45, 2.75) is 0 Å². The molecule has 7 heteroatoms. The highest BCUT2D eigenvalue weighted by atomic mass is 35.5. The molecule has 0 aliphatic rings. The Bertz CT molecular complexity index is 584. The lowest BCUT2D eigenvalue weighted by molar-refractivity contribution is -0.111. The Kier molecular flexibility index (Phi) is 4.30. The fourth-order valence-corrected chi connectivity index (χ4v) is 1.92. The molecule has 0 unspecified atom stereocenters. The van der Waals surface area contributed by atoms with E-state index < -0.39 is 0 Å². The first-order valence-electron chi connectivity index (χ1n) is 4.85. The van der Waals surface area contributed by atoms with Crippen molar-refractivity contribution < 1.29 is 4.79 Å². The van der Waals surface area contributed by atoms with Gasteiger partial charge in [0.25, 0.3) is 0 Å². The van der Waals surface area contributed by atoms with Crippen LogP contribution in [-0.2, 0) is 4.79 Å². The van der Waals surface area contributed by atoms with Gasteiger partial charge < -0.3 is 0 Å². The number of carbonyl (C=O) groups excluding carboxylic acids is 1. The number of rotatable bonds is 3. The van der Waals surface area contributed by atoms with E-state index in [1.54, 1.807) is 24.3 Å². The van der Waals surface area contributed by atoms with E-state index in [0.29, 0.717) is 15.2 Å². The van der Waals surface area contributed by atoms with Gasteiger partial charge in [0.2, 0.25) is 11.0 Å². The van der Waals surface area contributed by atoms with Crippen molar-refractivity contribution in [2.24, 2.45) is 0 Å². The number of nitrogens with one attached hydrogen (secondary N) is 1. The van der Waals surface area contributed by atoms with Crippen LogP contribution in [0.4, 0.5) is 5.13 Å². The molecule has 1 aromatic heterocycles. The lowest BCUT2D eigenvalue weighted by atomic mass is 10.2. The van der Waals surface area contributed by atoms with Crippen molar-refractivity contribution >= 4 is 51.7 Å². The third-order valence-corrected chi connectivity index (χ3v) is 3.31. The zero-order valence-corrected chi connectivity index (χ0v) is 11.3. The van der Waals surface area contributed by atoms with Gasteiger partial charge in [0.05, 0.1) is 10.0 Å². The van der Waals surface area contributed by atoms with Gasteiger partial charge in [0, 0.05) is 6.08 Å². The van der Waals surface area contributed by atoms with E-state index in [1.165, 1.54) is 22.9 Å². The number of carbonyl (C=O) groups is 1. The third-order valence-electron chi connectivity index (χ3n) is 1.96. The van der Waals surface area contributed by atoms with Crippen molar-refractivity contribution in [1.82, 2.24) is 10.2 Å². The second kappa shape index (κ2) is 5.95. The first-order chi connectivity index (χ1) is 8.65. The average Bonchev–Trinajstić information content (AvgIpc) is 2.83. The minimum Gasteiger partial charge on any atom is -0.297 e. The summed E-state index contributed by atoms with van der Waals surface area (Å²) in [6, 6.07) is 5.12. The fourth-order valence-electron chi connectivity index (χ4n) is 1.16. The number of anilines is 1. The normalized spacial score (nSPS) is 10.8. The van der Waals surface area contributed by atoms with Gasteiger partial charge in [-0.25, -0.2) is 0 Å². The van der Waals surface area contributed by atoms with Gasteiger partial charge in [-0.05, 0) is 23.8 Å². The number of halogens is 2. The van der Waals surface area contributed by atoms with Gasteiger partial charge in [-0.3, -0.25) is 10.1 Å². The van der Waals surface area contributed by atoms with Crippen molar-refractivity contribution in [1.29, 1.82) is 0 Å². The maximum Gasteiger partial charge on any atom is 0.250 e. The first kappa shape index (κ1) is 13.0. The SMILES string of the molecule is O=C(C=Cc1ccc(Cl)c(Cl)c1)Nc1nncs1. The average molecular weight is 300 g/mol. The molecule has 4 nitrogen and oxygen atoms in total. The molecule has 1 N–H and O–H groups in total. The number of aromatic nitrogens is 2. The van der Waals surface area contributed by atoms with Crippen LogP contribution >= 0.6 is 34.5 Å². The van der Waals surface area contributed by atoms with Gasteiger partial charge in [-0.2, -0.15) is 0 Å². The van der Waals surface area contributed by atoms with E-state index in [-0.39, 0.29) is 5.91 Å². The molecule has 1 heterocycles. The van der Waals surface area contributed by atoms with Crippen LogP contribution in [0.5, 0.6) is 0 Å². The molecule has 2 rings (SSSR count). The third kappa shape index (κ3) is 3.53. The van der Waals surface area contributed by atoms with Crippen LogP contribution in [-0.4, -0.2) is 16.1 Å². The van der Waals surface area contributed by atoms with Gasteiger partial charge in [0.15, 0.2) is 0 Å². The minimum atomic E-state index is -0.280. The number of benzene rings is 1. The Morgan fingerprint density at radius 1 is 1.33 bits per heavy atom. The summed E-state index contributed by atoms with van der Waals surface area (Å²) in [5.41, 5.74) is 2.33. The van der Waals surface area contributed by atoms with Gasteiger partial charge in [-0.1, -0.05) is 40.6 Å². The highest BCUT2D eigenvalue weighted by Gasteiger charge is 2.01. The predicted octanol–water partition coefficient (Wildman–Crippen LogP) is 3.50. The number of hydrogen-bond donors (Lipinski definition) is 1. The minimum absolute atomic E-state index is 0.280. The number of nitrogens with zero attached hydrogens (tertiary/aromatic N) is 2. The molecule has 0 aliphatic heterocycles. The van der Waals surface area contributed by atoms with Crippen LogP contribution < -0.4 is 5.32 Å². The summed E-state index contributed by atoms with van der Waals surface area (Å²) in [5, 5.41) is 11.3. The van der Waals surface area contributed by atoms with Crippen LogP contribution in [0.2, 0.25) is 10.0 Å². The summed E-state index contributed by atoms with van der Waals surface area (Å²) in [5.74, 6) is -0.280. The van der Waals surface area contributed by atoms with Crippen molar-refractivity contribution in [3.05, 3.63) is 45.4 Å². The molecular weight excluding hydrogens is 293 g/mol. The van der Waals surface area contributed by atoms with Gasteiger partial charge in [0.1, 0.15) is 5.51 Å². The van der Waals surface area contributed by atoms with E-state index in [2.05, 4.69) is 15.5 Å². The molecular formula is C11H7Cl2N3OS. The first-order valence-corrected chi connectivity index (χ1v) is 6.49. The molecule has 0 radical (unpaired) electrons. The second-order valence-corrected chi connectivity index (χ2v) is 4.89. The van der Waals surface area contributed by atoms with Crippen LogP contribution in [0.15, 0.2) is 29.8 Å². The lowest BCUT2D eigenvalue weighted by Gasteiger charge is -1.98. The highest BCUT2D eigenvalue weighted by molar-refractivity contribution is 7.13. The summed E-state index contributed by atoms with van der Waals surface area (Å²) in [7, 11) is 0. The zero-order chi connectivity index (χ0) is 13.0. The molecule has 0 saturated carbocycles. The van der Waals surface area contributed by atoms with Crippen molar-refractivity contribution in [2.75, 3.05) is 5.32 Å². The summed E-state index contributed by atoms with van der Waals surface area (Å²) in [6.45, 7) is 0. The predicted molar refractivity (Wildman–Crippen MR) is 74.0 cm³/mol. The second-order valence-electron chi connectivity index (χ2n) is 3.24. The van der Waals surface area contributed by atoms with Crippen LogP contribution in [0.3, 0.4) is 0 Å². The molecule has 0 fully saturated rings. The molecule has 0 aliphatic carbocycles. The molecule has 0 atom stereocenters. The van der Waals surface area contributed by atoms with Gasteiger partial charge >= 0.3 is 0 Å². The number of amides is 1. The molecule has 0 spiro atoms. The smallest absolute Gasteiger partial charge is 0.250 e. The molecule has 18 heavy (non-hydrogen) atoms. The molecule has 0 bridgehead atoms. The Morgan fingerprint density at radius 2 is 2.17 bits per heavy atom. The Morgan fingerprint density at radius 3 is 2.83 bits per heavy atom. The van der Waals surface area contributed by atoms with Gasteiger partial charge in [-0.15, -0.1) is 10.2 Å². The maximum atomic E-state index is 11.5.